The first kappa shape index (κ1) is 34.9. The van der Waals surface area contributed by atoms with E-state index >= 15 is 0 Å². The number of fused-ring (bicyclic) bond motifs is 3. The predicted molar refractivity (Wildman–Crippen MR) is 210 cm³/mol. The molecule has 1 aliphatic heterocycles. The molecule has 1 N–H and O–H groups in total. The molecule has 0 saturated heterocycles. The van der Waals surface area contributed by atoms with Crippen LogP contribution >= 0.6 is 0 Å². The summed E-state index contributed by atoms with van der Waals surface area (Å²) in [5.41, 5.74) is 9.73. The van der Waals surface area contributed by atoms with Gasteiger partial charge in [0.2, 0.25) is 0 Å². The molecule has 2 unspecified atom stereocenters. The van der Waals surface area contributed by atoms with E-state index in [1.165, 1.54) is 33.6 Å². The summed E-state index contributed by atoms with van der Waals surface area (Å²) in [4.78, 5) is 15.7. The molecule has 1 saturated carbocycles. The quantitative estimate of drug-likeness (QED) is 0.0642. The van der Waals surface area contributed by atoms with Crippen molar-refractivity contribution in [2.75, 3.05) is 31.5 Å². The van der Waals surface area contributed by atoms with Gasteiger partial charge in [0.1, 0.15) is 11.6 Å². The second-order valence-electron chi connectivity index (χ2n) is 13.0. The molecule has 0 radical (unpaired) electrons. The van der Waals surface area contributed by atoms with E-state index in [2.05, 4.69) is 107 Å². The lowest BCUT2D eigenvalue weighted by Crippen LogP contribution is -2.54. The molecule has 0 aromatic heterocycles. The van der Waals surface area contributed by atoms with Crippen LogP contribution < -0.4 is 15.4 Å². The van der Waals surface area contributed by atoms with Crippen molar-refractivity contribution >= 4 is 54.7 Å². The first-order valence-corrected chi connectivity index (χ1v) is 19.2. The van der Waals surface area contributed by atoms with E-state index < -0.39 is 14.7 Å². The molecule has 7 nitrogen and oxygen atoms in total. The van der Waals surface area contributed by atoms with Crippen LogP contribution in [0.3, 0.4) is 0 Å². The average Bonchev–Trinajstić information content (AvgIpc) is 3.80. The largest absolute Gasteiger partial charge is 0.536 e. The number of hydrogen-bond acceptors (Lipinski definition) is 6. The maximum Gasteiger partial charge on any atom is 0.536 e. The first-order valence-electron chi connectivity index (χ1n) is 17.5. The van der Waals surface area contributed by atoms with E-state index in [0.29, 0.717) is 17.6 Å². The molecule has 0 bridgehead atoms. The summed E-state index contributed by atoms with van der Waals surface area (Å²) in [6, 6.07) is 45.8. The van der Waals surface area contributed by atoms with Gasteiger partial charge in [-0.2, -0.15) is 5.26 Å². The van der Waals surface area contributed by atoms with Gasteiger partial charge in [-0.05, 0) is 94.8 Å². The average molecular weight is 704 g/mol. The van der Waals surface area contributed by atoms with E-state index in [1.54, 1.807) is 51.7 Å². The summed E-state index contributed by atoms with van der Waals surface area (Å²) in [5.74, 6) is -0.0767. The Bertz CT molecular complexity index is 2090. The number of anilines is 3. The summed E-state index contributed by atoms with van der Waals surface area (Å²) in [6.45, 7) is 0. The maximum absolute atomic E-state index is 13.2. The highest BCUT2D eigenvalue weighted by Crippen LogP contribution is 2.52. The van der Waals surface area contributed by atoms with Gasteiger partial charge in [0, 0.05) is 55.5 Å². The van der Waals surface area contributed by atoms with Crippen molar-refractivity contribution in [3.63, 3.8) is 0 Å². The van der Waals surface area contributed by atoms with Gasteiger partial charge in [0.15, 0.2) is 0 Å². The number of nitriles is 1. The molecule has 7 rings (SSSR count). The lowest BCUT2D eigenvalue weighted by atomic mass is 9.95. The Kier molecular flexibility index (Phi) is 10.3. The lowest BCUT2D eigenvalue weighted by Gasteiger charge is -2.27. The number of hydrogen-bond donors (Lipinski definition) is 1. The molecule has 1 amide bonds. The zero-order valence-electron chi connectivity index (χ0n) is 29.6. The van der Waals surface area contributed by atoms with Gasteiger partial charge in [0.25, 0.3) is 5.91 Å². The minimum Gasteiger partial charge on any atom is -0.373 e. The smallest absolute Gasteiger partial charge is 0.373 e. The van der Waals surface area contributed by atoms with Gasteiger partial charge >= 0.3 is 8.80 Å². The highest BCUT2D eigenvalue weighted by atomic mass is 28.4. The highest BCUT2D eigenvalue weighted by molar-refractivity contribution is 6.75. The molecule has 0 spiro atoms. The van der Waals surface area contributed by atoms with Crippen LogP contribution in [0.2, 0.25) is 0 Å². The SMILES string of the molecule is CO[Si](OC)(OC)c1ccc(NC(=O)C(C#N)=Cc2ccc3c(c2)C2CCCC2N3c2ccc(C=C(c3ccccc3)c3ccccc3)cc2)cc1. The van der Waals surface area contributed by atoms with Gasteiger partial charge in [-0.1, -0.05) is 97.4 Å². The molecule has 5 aromatic carbocycles. The topological polar surface area (TPSA) is 83.8 Å². The predicted octanol–water partition coefficient (Wildman–Crippen LogP) is 8.69. The van der Waals surface area contributed by atoms with Crippen LogP contribution in [-0.4, -0.2) is 42.1 Å². The van der Waals surface area contributed by atoms with E-state index in [4.69, 9.17) is 13.3 Å². The van der Waals surface area contributed by atoms with Gasteiger partial charge in [-0.3, -0.25) is 4.79 Å². The van der Waals surface area contributed by atoms with Crippen molar-refractivity contribution in [3.05, 3.63) is 161 Å². The normalized spacial score (nSPS) is 16.5. The van der Waals surface area contributed by atoms with E-state index in [0.717, 1.165) is 35.6 Å². The van der Waals surface area contributed by atoms with Crippen LogP contribution in [0.25, 0.3) is 17.7 Å². The first-order chi connectivity index (χ1) is 25.5. The summed E-state index contributed by atoms with van der Waals surface area (Å²) in [7, 11) is 1.65. The summed E-state index contributed by atoms with van der Waals surface area (Å²) >= 11 is 0. The zero-order chi connectivity index (χ0) is 36.1. The minimum atomic E-state index is -3.00. The molecule has 1 aliphatic carbocycles. The van der Waals surface area contributed by atoms with Gasteiger partial charge in [-0.15, -0.1) is 0 Å². The maximum atomic E-state index is 13.2. The summed E-state index contributed by atoms with van der Waals surface area (Å²) in [6.07, 6.45) is 7.33. The summed E-state index contributed by atoms with van der Waals surface area (Å²) in [5, 5.41) is 13.6. The molecular formula is C44H41N3O4Si. The molecule has 260 valence electrons. The second-order valence-corrected chi connectivity index (χ2v) is 16.0. The van der Waals surface area contributed by atoms with Crippen LogP contribution in [0.15, 0.2) is 133 Å². The third-order valence-electron chi connectivity index (χ3n) is 10.2. The molecule has 1 fully saturated rings. The Hall–Kier alpha value is -5.56. The highest BCUT2D eigenvalue weighted by Gasteiger charge is 2.42. The van der Waals surface area contributed by atoms with Crippen molar-refractivity contribution in [2.45, 2.75) is 31.2 Å². The van der Waals surface area contributed by atoms with E-state index in [1.807, 2.05) is 18.2 Å². The molecule has 2 atom stereocenters. The van der Waals surface area contributed by atoms with Crippen molar-refractivity contribution in [3.8, 4) is 6.07 Å². The summed E-state index contributed by atoms with van der Waals surface area (Å²) < 4.78 is 16.6. The van der Waals surface area contributed by atoms with Crippen LogP contribution in [0.1, 0.15) is 53.0 Å². The van der Waals surface area contributed by atoms with Gasteiger partial charge < -0.3 is 23.5 Å². The fourth-order valence-electron chi connectivity index (χ4n) is 7.64. The Morgan fingerprint density at radius 1 is 0.769 bits per heavy atom. The molecule has 5 aromatic rings. The number of amides is 1. The van der Waals surface area contributed by atoms with Crippen LogP contribution in [0.5, 0.6) is 0 Å². The number of rotatable bonds is 11. The Balaban J connectivity index is 1.12. The van der Waals surface area contributed by atoms with Crippen molar-refractivity contribution < 1.29 is 18.1 Å². The minimum absolute atomic E-state index is 0.0327. The number of carbonyl (C=O) groups is 1. The lowest BCUT2D eigenvalue weighted by molar-refractivity contribution is -0.112. The van der Waals surface area contributed by atoms with Crippen LogP contribution in [0, 0.1) is 11.3 Å². The van der Waals surface area contributed by atoms with Crippen LogP contribution in [-0.2, 0) is 18.1 Å². The number of nitrogens with one attached hydrogen (secondary N) is 1. The van der Waals surface area contributed by atoms with E-state index in [9.17, 15) is 10.1 Å². The van der Waals surface area contributed by atoms with Crippen molar-refractivity contribution in [1.29, 1.82) is 5.26 Å². The van der Waals surface area contributed by atoms with Crippen molar-refractivity contribution in [1.82, 2.24) is 0 Å². The number of nitrogens with zero attached hydrogens (tertiary/aromatic N) is 2. The number of carbonyl (C=O) groups excluding carboxylic acids is 1. The third kappa shape index (κ3) is 6.87. The van der Waals surface area contributed by atoms with Crippen molar-refractivity contribution in [2.24, 2.45) is 0 Å². The Morgan fingerprint density at radius 3 is 1.98 bits per heavy atom. The monoisotopic (exact) mass is 703 g/mol. The Labute approximate surface area is 306 Å². The molecule has 1 heterocycles. The molecule has 52 heavy (non-hydrogen) atoms. The molecule has 2 aliphatic rings. The Morgan fingerprint density at radius 2 is 1.38 bits per heavy atom. The zero-order valence-corrected chi connectivity index (χ0v) is 30.6. The second kappa shape index (κ2) is 15.4. The fourth-order valence-corrected chi connectivity index (χ4v) is 9.42. The standard InChI is InChI=1S/C44H41N3O4Si/c1-49-52(50-2,51-3)38-24-20-36(21-25-38)46-44(48)35(30-45)27-32-19-26-43-41(29-32)39-15-10-16-42(39)47(43)37-22-17-31(18-23-37)28-40(33-11-6-4-7-12-33)34-13-8-5-9-14-34/h4-9,11-14,17-29,39,42H,10,15-16H2,1-3H3,(H,46,48). The van der Waals surface area contributed by atoms with Gasteiger partial charge in [-0.25, -0.2) is 0 Å². The van der Waals surface area contributed by atoms with E-state index in [-0.39, 0.29) is 5.57 Å². The van der Waals surface area contributed by atoms with Crippen LogP contribution in [0.4, 0.5) is 17.1 Å². The molecular weight excluding hydrogens is 663 g/mol. The van der Waals surface area contributed by atoms with Gasteiger partial charge in [0.05, 0.1) is 0 Å². The third-order valence-corrected chi connectivity index (χ3v) is 12.8. The fraction of sp³-hybridized carbons (Fsp3) is 0.182. The molecule has 8 heteroatoms. The number of benzene rings is 5.